The predicted octanol–water partition coefficient (Wildman–Crippen LogP) is 5.05. The highest BCUT2D eigenvalue weighted by Crippen LogP contribution is 2.41. The Labute approximate surface area is 213 Å². The summed E-state index contributed by atoms with van der Waals surface area (Å²) in [7, 11) is 0. The molecule has 2 fully saturated rings. The first-order valence-electron chi connectivity index (χ1n) is 13.4. The van der Waals surface area contributed by atoms with Gasteiger partial charge in [0.25, 0.3) is 0 Å². The number of carbonyl (C=O) groups is 1. The van der Waals surface area contributed by atoms with Gasteiger partial charge in [0.1, 0.15) is 17.1 Å². The second-order valence-electron chi connectivity index (χ2n) is 11.2. The van der Waals surface area contributed by atoms with E-state index in [1.54, 1.807) is 0 Å². The molecule has 3 unspecified atom stereocenters. The van der Waals surface area contributed by atoms with Gasteiger partial charge in [0.05, 0.1) is 0 Å². The number of nitrogens with one attached hydrogen (secondary N) is 1. The van der Waals surface area contributed by atoms with Crippen LogP contribution in [0.15, 0.2) is 53.2 Å². The Kier molecular flexibility index (Phi) is 7.67. The van der Waals surface area contributed by atoms with Crippen LogP contribution in [0, 0.1) is 11.8 Å². The minimum Gasteiger partial charge on any atom is -0.480 e. The number of piperidine rings is 1. The lowest BCUT2D eigenvalue weighted by Crippen LogP contribution is -2.43. The molecule has 1 aliphatic carbocycles. The molecule has 0 spiro atoms. The lowest BCUT2D eigenvalue weighted by atomic mass is 9.86. The fourth-order valence-corrected chi connectivity index (χ4v) is 6.40. The molecule has 1 saturated heterocycles. The van der Waals surface area contributed by atoms with E-state index in [1.807, 2.05) is 6.07 Å². The van der Waals surface area contributed by atoms with Crippen LogP contribution in [0.3, 0.4) is 0 Å². The zero-order valence-corrected chi connectivity index (χ0v) is 21.3. The first-order chi connectivity index (χ1) is 17.5. The molecule has 36 heavy (non-hydrogen) atoms. The Hall–Kier alpha value is -2.77. The number of benzene rings is 2. The molecule has 7 nitrogen and oxygen atoms in total. The van der Waals surface area contributed by atoms with E-state index in [9.17, 15) is 9.90 Å². The number of hydrogen-bond donors (Lipinski definition) is 2. The third-order valence-electron chi connectivity index (χ3n) is 8.19. The molecule has 1 saturated carbocycles. The van der Waals surface area contributed by atoms with E-state index in [0.717, 1.165) is 56.4 Å². The quantitative estimate of drug-likeness (QED) is 0.433. The zero-order valence-electron chi connectivity index (χ0n) is 21.3. The molecule has 5 rings (SSSR count). The fraction of sp³-hybridized carbons (Fsp3) is 0.552. The van der Waals surface area contributed by atoms with E-state index in [1.165, 1.54) is 11.1 Å². The third kappa shape index (κ3) is 5.79. The van der Waals surface area contributed by atoms with Crippen molar-refractivity contribution in [1.82, 2.24) is 20.5 Å². The summed E-state index contributed by atoms with van der Waals surface area (Å²) in [6.45, 7) is 7.42. The van der Waals surface area contributed by atoms with Crippen LogP contribution in [0.25, 0.3) is 11.0 Å². The molecule has 1 aliphatic heterocycles. The number of fused-ring (bicyclic) bond motifs is 1. The number of hydrogen-bond acceptors (Lipinski definition) is 6. The molecule has 192 valence electrons. The summed E-state index contributed by atoms with van der Waals surface area (Å²) in [6, 6.07) is 16.9. The number of aromatic nitrogens is 2. The van der Waals surface area contributed by atoms with Crippen molar-refractivity contribution in [2.45, 2.75) is 69.9 Å². The largest absolute Gasteiger partial charge is 0.480 e. The Morgan fingerprint density at radius 3 is 2.53 bits per heavy atom. The summed E-state index contributed by atoms with van der Waals surface area (Å²) in [5.74, 6) is 1.13. The van der Waals surface area contributed by atoms with Gasteiger partial charge in [-0.1, -0.05) is 50.2 Å². The maximum Gasteiger partial charge on any atom is 0.320 e. The van der Waals surface area contributed by atoms with Gasteiger partial charge < -0.3 is 15.3 Å². The zero-order chi connectivity index (χ0) is 25.1. The SMILES string of the molecule is CC(C)C[C@@H](NC1CC(CN2CCC(c3ccc4nonc4c3)CC2)C(c2ccccc2)C1)C(=O)O. The van der Waals surface area contributed by atoms with Crippen LogP contribution in [-0.2, 0) is 4.79 Å². The maximum atomic E-state index is 11.9. The van der Waals surface area contributed by atoms with Crippen LogP contribution < -0.4 is 5.32 Å². The van der Waals surface area contributed by atoms with Gasteiger partial charge in [0.15, 0.2) is 0 Å². The Morgan fingerprint density at radius 1 is 1.06 bits per heavy atom. The fourth-order valence-electron chi connectivity index (χ4n) is 6.40. The third-order valence-corrected chi connectivity index (χ3v) is 8.19. The van der Waals surface area contributed by atoms with Crippen molar-refractivity contribution in [2.24, 2.45) is 11.8 Å². The van der Waals surface area contributed by atoms with E-state index in [4.69, 9.17) is 4.63 Å². The predicted molar refractivity (Wildman–Crippen MR) is 140 cm³/mol. The maximum absolute atomic E-state index is 11.9. The Balaban J connectivity index is 1.23. The van der Waals surface area contributed by atoms with Crippen LogP contribution in [0.4, 0.5) is 0 Å². The van der Waals surface area contributed by atoms with Crippen molar-refractivity contribution in [3.63, 3.8) is 0 Å². The van der Waals surface area contributed by atoms with Crippen molar-refractivity contribution < 1.29 is 14.5 Å². The summed E-state index contributed by atoms with van der Waals surface area (Å²) < 4.78 is 4.86. The number of carboxylic acid groups (broad SMARTS) is 1. The minimum atomic E-state index is -0.731. The molecule has 2 heterocycles. The second-order valence-corrected chi connectivity index (χ2v) is 11.2. The molecule has 2 aromatic carbocycles. The number of rotatable bonds is 9. The minimum absolute atomic E-state index is 0.236. The van der Waals surface area contributed by atoms with Crippen molar-refractivity contribution >= 4 is 17.0 Å². The summed E-state index contributed by atoms with van der Waals surface area (Å²) in [6.07, 6.45) is 4.96. The molecule has 2 N–H and O–H groups in total. The summed E-state index contributed by atoms with van der Waals surface area (Å²) >= 11 is 0. The van der Waals surface area contributed by atoms with Crippen LogP contribution in [0.5, 0.6) is 0 Å². The van der Waals surface area contributed by atoms with E-state index in [2.05, 4.69) is 76.8 Å². The normalized spacial score (nSPS) is 24.5. The van der Waals surface area contributed by atoms with Crippen LogP contribution in [-0.4, -0.2) is 58.0 Å². The first-order valence-corrected chi connectivity index (χ1v) is 13.4. The second kappa shape index (κ2) is 11.1. The van der Waals surface area contributed by atoms with Gasteiger partial charge in [0.2, 0.25) is 0 Å². The van der Waals surface area contributed by atoms with Crippen LogP contribution in [0.1, 0.15) is 68.9 Å². The van der Waals surface area contributed by atoms with Gasteiger partial charge in [-0.25, -0.2) is 4.63 Å². The van der Waals surface area contributed by atoms with Gasteiger partial charge >= 0.3 is 5.97 Å². The molecule has 0 amide bonds. The van der Waals surface area contributed by atoms with Gasteiger partial charge in [0, 0.05) is 12.6 Å². The molecule has 2 aliphatic rings. The number of likely N-dealkylation sites (tertiary alicyclic amines) is 1. The molecule has 4 atom stereocenters. The lowest BCUT2D eigenvalue weighted by Gasteiger charge is -2.35. The summed E-state index contributed by atoms with van der Waals surface area (Å²) in [5, 5.41) is 21.2. The van der Waals surface area contributed by atoms with Crippen molar-refractivity contribution in [3.8, 4) is 0 Å². The highest BCUT2D eigenvalue weighted by Gasteiger charge is 2.38. The smallest absolute Gasteiger partial charge is 0.320 e. The van der Waals surface area contributed by atoms with Gasteiger partial charge in [-0.05, 0) is 102 Å². The average Bonchev–Trinajstić information content (AvgIpc) is 3.50. The molecule has 7 heteroatoms. The van der Waals surface area contributed by atoms with Crippen LogP contribution >= 0.6 is 0 Å². The average molecular weight is 491 g/mol. The van der Waals surface area contributed by atoms with E-state index >= 15 is 0 Å². The first kappa shape index (κ1) is 24.9. The molecular weight excluding hydrogens is 452 g/mol. The topological polar surface area (TPSA) is 91.5 Å². The van der Waals surface area contributed by atoms with Gasteiger partial charge in [-0.2, -0.15) is 0 Å². The molecule has 1 aromatic heterocycles. The number of aliphatic carboxylic acids is 1. The van der Waals surface area contributed by atoms with E-state index < -0.39 is 12.0 Å². The Bertz CT molecular complexity index is 1140. The highest BCUT2D eigenvalue weighted by atomic mass is 16.6. The van der Waals surface area contributed by atoms with Crippen molar-refractivity contribution in [3.05, 3.63) is 59.7 Å². The van der Waals surface area contributed by atoms with E-state index in [0.29, 0.717) is 30.1 Å². The van der Waals surface area contributed by atoms with Gasteiger partial charge in [-0.3, -0.25) is 4.79 Å². The molecule has 0 bridgehead atoms. The lowest BCUT2D eigenvalue weighted by molar-refractivity contribution is -0.140. The molecule has 0 radical (unpaired) electrons. The standard InChI is InChI=1S/C29H38N4O3/c1-19(2)14-28(29(34)35)30-24-15-23(25(17-24)21-6-4-3-5-7-21)18-33-12-10-20(11-13-33)22-8-9-26-27(16-22)32-36-31-26/h3-9,16,19-20,23-25,28,30H,10-15,17-18H2,1-2H3,(H,34,35)/t23?,24?,25?,28-/m1/s1. The number of nitrogens with zero attached hydrogens (tertiary/aromatic N) is 3. The van der Waals surface area contributed by atoms with Crippen molar-refractivity contribution in [2.75, 3.05) is 19.6 Å². The summed E-state index contributed by atoms with van der Waals surface area (Å²) in [4.78, 5) is 14.5. The van der Waals surface area contributed by atoms with Gasteiger partial charge in [-0.15, -0.1) is 0 Å². The Morgan fingerprint density at radius 2 is 1.81 bits per heavy atom. The summed E-state index contributed by atoms with van der Waals surface area (Å²) in [5.41, 5.74) is 4.36. The highest BCUT2D eigenvalue weighted by molar-refractivity contribution is 5.74. The van der Waals surface area contributed by atoms with E-state index in [-0.39, 0.29) is 6.04 Å². The number of carboxylic acids is 1. The monoisotopic (exact) mass is 490 g/mol. The van der Waals surface area contributed by atoms with Crippen molar-refractivity contribution in [1.29, 1.82) is 0 Å². The molecule has 3 aromatic rings. The molecular formula is C29H38N4O3. The van der Waals surface area contributed by atoms with Crippen LogP contribution in [0.2, 0.25) is 0 Å².